The molecule has 0 aromatic rings. The van der Waals surface area contributed by atoms with Gasteiger partial charge in [-0.25, -0.2) is 0 Å². The van der Waals surface area contributed by atoms with Crippen LogP contribution >= 0.6 is 0 Å². The normalized spacial score (nSPS) is 6.75. The van der Waals surface area contributed by atoms with Gasteiger partial charge in [-0.3, -0.25) is 0 Å². The predicted molar refractivity (Wildman–Crippen MR) is 44.9 cm³/mol. The zero-order chi connectivity index (χ0) is 4.83. The van der Waals surface area contributed by atoms with Gasteiger partial charge in [-0.1, -0.05) is 0 Å². The Bertz CT molecular complexity index is 26.0. The molecule has 4 heteroatoms. The van der Waals surface area contributed by atoms with Crippen LogP contribution in [-0.4, -0.2) is 63.4 Å². The Labute approximate surface area is 74.1 Å². The molecule has 46 valence electrons. The molecule has 0 unspecified atom stereocenters. The van der Waals surface area contributed by atoms with Crippen molar-refractivity contribution in [2.75, 3.05) is 27.2 Å². The first-order chi connectivity index (χ1) is 2.91. The van der Waals surface area contributed by atoms with E-state index in [0.29, 0.717) is 0 Å². The molecule has 2 nitrogen and oxygen atoms in total. The summed E-state index contributed by atoms with van der Waals surface area (Å²) in [5.74, 6) is 0. The van der Waals surface area contributed by atoms with E-state index in [4.69, 9.17) is 0 Å². The fraction of sp³-hybridized carbons (Fsp3) is 1.00. The zero-order valence-electron chi connectivity index (χ0n) is 4.41. The fourth-order valence-corrected chi connectivity index (χ4v) is 0.250. The Kier molecular flexibility index (Phi) is 31.4. The van der Waals surface area contributed by atoms with E-state index in [2.05, 4.69) is 10.6 Å². The van der Waals surface area contributed by atoms with Crippen molar-refractivity contribution in [2.24, 2.45) is 0 Å². The van der Waals surface area contributed by atoms with Gasteiger partial charge in [0.1, 0.15) is 0 Å². The van der Waals surface area contributed by atoms with E-state index in [1.165, 1.54) is 0 Å². The van der Waals surface area contributed by atoms with Gasteiger partial charge >= 0.3 is 18.9 Å². The summed E-state index contributed by atoms with van der Waals surface area (Å²) in [5, 5.41) is 6.01. The van der Waals surface area contributed by atoms with Gasteiger partial charge in [0.05, 0.1) is 0 Å². The van der Waals surface area contributed by atoms with Gasteiger partial charge in [0.25, 0.3) is 0 Å². The van der Waals surface area contributed by atoms with E-state index >= 15 is 0 Å². The molecule has 0 atom stereocenters. The SMILES string of the molecule is CNCCNC.[AlH3].[LiH]. The number of rotatable bonds is 3. The predicted octanol–water partition coefficient (Wildman–Crippen LogP) is -2.41. The molecule has 0 radical (unpaired) electrons. The molecule has 0 bridgehead atoms. The molecule has 0 rings (SSSR count). The van der Waals surface area contributed by atoms with Crippen LogP contribution in [0.5, 0.6) is 0 Å². The summed E-state index contributed by atoms with van der Waals surface area (Å²) in [6.07, 6.45) is 0. The van der Waals surface area contributed by atoms with Crippen LogP contribution in [0.2, 0.25) is 0 Å². The first-order valence-corrected chi connectivity index (χ1v) is 2.21. The van der Waals surface area contributed by atoms with E-state index in [9.17, 15) is 0 Å². The average molecular weight is 126 g/mol. The van der Waals surface area contributed by atoms with Crippen molar-refractivity contribution in [3.63, 3.8) is 0 Å². The summed E-state index contributed by atoms with van der Waals surface area (Å²) in [4.78, 5) is 0. The molecule has 0 amide bonds. The van der Waals surface area contributed by atoms with Crippen LogP contribution < -0.4 is 10.6 Å². The molecule has 0 saturated carbocycles. The Morgan fingerprint density at radius 1 is 1.00 bits per heavy atom. The van der Waals surface area contributed by atoms with Crippen LogP contribution in [0.25, 0.3) is 0 Å². The second kappa shape index (κ2) is 15.7. The average Bonchev–Trinajstić information content (AvgIpc) is 1.61. The third-order valence-electron chi connectivity index (χ3n) is 0.625. The van der Waals surface area contributed by atoms with Gasteiger partial charge in [-0.05, 0) is 14.1 Å². The molecule has 0 saturated heterocycles. The molecule has 0 aromatic carbocycles. The summed E-state index contributed by atoms with van der Waals surface area (Å²) in [6, 6.07) is 0. The molecular weight excluding hydrogens is 110 g/mol. The first-order valence-electron chi connectivity index (χ1n) is 2.21. The van der Waals surface area contributed by atoms with E-state index in [0.717, 1.165) is 13.1 Å². The van der Waals surface area contributed by atoms with Gasteiger partial charge in [0, 0.05) is 13.1 Å². The fourth-order valence-electron chi connectivity index (χ4n) is 0.250. The second-order valence-corrected chi connectivity index (χ2v) is 1.21. The number of likely N-dealkylation sites (N-methyl/N-ethyl adjacent to an activating group) is 2. The van der Waals surface area contributed by atoms with Gasteiger partial charge < -0.3 is 10.6 Å². The number of hydrogen-bond donors (Lipinski definition) is 2. The van der Waals surface area contributed by atoms with Gasteiger partial charge in [-0.2, -0.15) is 0 Å². The summed E-state index contributed by atoms with van der Waals surface area (Å²) in [5.41, 5.74) is 0. The monoisotopic (exact) mass is 126 g/mol. The Hall–Kier alpha value is 1.05. The minimum atomic E-state index is 0. The molecular formula is C4H16AlLiN2. The maximum atomic E-state index is 3.01. The molecule has 0 heterocycles. The van der Waals surface area contributed by atoms with E-state index in [1.54, 1.807) is 0 Å². The Morgan fingerprint density at radius 3 is 1.38 bits per heavy atom. The Morgan fingerprint density at radius 2 is 1.25 bits per heavy atom. The van der Waals surface area contributed by atoms with Crippen molar-refractivity contribution < 1.29 is 0 Å². The Balaban J connectivity index is -0.000000125. The molecule has 2 N–H and O–H groups in total. The number of nitrogens with one attached hydrogen (secondary N) is 2. The molecule has 0 aliphatic heterocycles. The molecule has 0 aliphatic rings. The first kappa shape index (κ1) is 16.0. The second-order valence-electron chi connectivity index (χ2n) is 1.21. The number of hydrogen-bond acceptors (Lipinski definition) is 2. The van der Waals surface area contributed by atoms with Gasteiger partial charge in [0.15, 0.2) is 17.4 Å². The van der Waals surface area contributed by atoms with Crippen molar-refractivity contribution in [1.29, 1.82) is 0 Å². The molecule has 0 spiro atoms. The standard InChI is InChI=1S/C4H12N2.Al.Li.4H/c1-5-3-4-6-2;;;;;;/h5-6H,3-4H2,1-2H3;;;;;;. The minimum absolute atomic E-state index is 0. The molecule has 0 fully saturated rings. The summed E-state index contributed by atoms with van der Waals surface area (Å²) < 4.78 is 0. The van der Waals surface area contributed by atoms with Gasteiger partial charge in [0.2, 0.25) is 0 Å². The summed E-state index contributed by atoms with van der Waals surface area (Å²) in [7, 11) is 3.88. The van der Waals surface area contributed by atoms with Crippen molar-refractivity contribution in [3.8, 4) is 0 Å². The topological polar surface area (TPSA) is 24.1 Å². The molecule has 8 heavy (non-hydrogen) atoms. The van der Waals surface area contributed by atoms with Crippen molar-refractivity contribution in [2.45, 2.75) is 0 Å². The van der Waals surface area contributed by atoms with Crippen LogP contribution in [-0.2, 0) is 0 Å². The van der Waals surface area contributed by atoms with Crippen molar-refractivity contribution in [1.82, 2.24) is 10.6 Å². The van der Waals surface area contributed by atoms with Crippen molar-refractivity contribution in [3.05, 3.63) is 0 Å². The zero-order valence-corrected chi connectivity index (χ0v) is 4.41. The molecule has 0 aromatic heterocycles. The van der Waals surface area contributed by atoms with Crippen LogP contribution in [0, 0.1) is 0 Å². The third kappa shape index (κ3) is 15.7. The van der Waals surface area contributed by atoms with Crippen LogP contribution in [0.15, 0.2) is 0 Å². The van der Waals surface area contributed by atoms with Crippen LogP contribution in [0.1, 0.15) is 0 Å². The van der Waals surface area contributed by atoms with Crippen LogP contribution in [0.4, 0.5) is 0 Å². The van der Waals surface area contributed by atoms with E-state index in [1.807, 2.05) is 14.1 Å². The maximum absolute atomic E-state index is 3.01. The van der Waals surface area contributed by atoms with Gasteiger partial charge in [-0.15, -0.1) is 0 Å². The quantitative estimate of drug-likeness (QED) is 0.325. The molecule has 0 aliphatic carbocycles. The van der Waals surface area contributed by atoms with Crippen molar-refractivity contribution >= 4 is 36.2 Å². The van der Waals surface area contributed by atoms with E-state index in [-0.39, 0.29) is 36.2 Å². The summed E-state index contributed by atoms with van der Waals surface area (Å²) in [6.45, 7) is 2.10. The third-order valence-corrected chi connectivity index (χ3v) is 0.625. The van der Waals surface area contributed by atoms with Crippen LogP contribution in [0.3, 0.4) is 0 Å². The summed E-state index contributed by atoms with van der Waals surface area (Å²) >= 11 is 0. The van der Waals surface area contributed by atoms with E-state index < -0.39 is 0 Å².